The van der Waals surface area contributed by atoms with Crippen LogP contribution in [0.1, 0.15) is 51.0 Å². The first-order chi connectivity index (χ1) is 15.1. The van der Waals surface area contributed by atoms with Crippen LogP contribution in [0, 0.1) is 0 Å². The maximum absolute atomic E-state index is 12.9. The van der Waals surface area contributed by atoms with Gasteiger partial charge in [0.25, 0.3) is 5.91 Å². The van der Waals surface area contributed by atoms with Gasteiger partial charge in [-0.2, -0.15) is 5.10 Å². The molecule has 7 heteroatoms. The molecule has 158 valence electrons. The number of nitrogens with zero attached hydrogens (tertiary/aromatic N) is 2. The number of aromatic nitrogens is 2. The number of esters is 1. The van der Waals surface area contributed by atoms with E-state index in [1.807, 2.05) is 41.1 Å². The highest BCUT2D eigenvalue weighted by molar-refractivity contribution is 5.93. The van der Waals surface area contributed by atoms with Crippen molar-refractivity contribution in [2.75, 3.05) is 13.7 Å². The summed E-state index contributed by atoms with van der Waals surface area (Å²) < 4.78 is 12.6. The number of ether oxygens (including phenoxy) is 2. The third-order valence-electron chi connectivity index (χ3n) is 5.87. The van der Waals surface area contributed by atoms with Crippen LogP contribution in [-0.2, 0) is 17.7 Å². The van der Waals surface area contributed by atoms with Crippen molar-refractivity contribution in [1.82, 2.24) is 15.1 Å². The third-order valence-corrected chi connectivity index (χ3v) is 5.87. The van der Waals surface area contributed by atoms with E-state index in [2.05, 4.69) is 10.4 Å². The number of fused-ring (bicyclic) bond motifs is 2. The number of hydrogen-bond acceptors (Lipinski definition) is 5. The zero-order valence-electron chi connectivity index (χ0n) is 17.3. The predicted octanol–water partition coefficient (Wildman–Crippen LogP) is 3.54. The standard InChI is InChI=1S/C24H23N3O4/c1-30-24(29)17-5-2-4-15(12-17)16-7-8-22-19(13-16)20(9-11-31-22)25-23(28)21-14-18-6-3-10-27(18)26-21/h2,4-5,7-8,12-14,20H,3,6,9-11H2,1H3,(H,25,28). The van der Waals surface area contributed by atoms with Crippen molar-refractivity contribution < 1.29 is 19.1 Å². The average Bonchev–Trinajstić information content (AvgIpc) is 3.41. The van der Waals surface area contributed by atoms with E-state index >= 15 is 0 Å². The van der Waals surface area contributed by atoms with Crippen molar-refractivity contribution in [2.45, 2.75) is 31.8 Å². The number of aryl methyl sites for hydroxylation is 2. The number of carbonyl (C=O) groups is 2. The molecule has 1 atom stereocenters. The number of amides is 1. The maximum atomic E-state index is 12.9. The summed E-state index contributed by atoms with van der Waals surface area (Å²) in [7, 11) is 1.37. The van der Waals surface area contributed by atoms with Crippen LogP contribution >= 0.6 is 0 Å². The van der Waals surface area contributed by atoms with E-state index in [0.29, 0.717) is 24.3 Å². The van der Waals surface area contributed by atoms with E-state index in [-0.39, 0.29) is 17.9 Å². The summed E-state index contributed by atoms with van der Waals surface area (Å²) in [6.45, 7) is 1.41. The molecule has 0 saturated heterocycles. The van der Waals surface area contributed by atoms with Gasteiger partial charge in [0.1, 0.15) is 11.4 Å². The van der Waals surface area contributed by atoms with Crippen LogP contribution in [0.5, 0.6) is 5.75 Å². The fourth-order valence-electron chi connectivity index (χ4n) is 4.27. The monoisotopic (exact) mass is 417 g/mol. The summed E-state index contributed by atoms with van der Waals surface area (Å²) in [6.07, 6.45) is 2.73. The minimum Gasteiger partial charge on any atom is -0.493 e. The van der Waals surface area contributed by atoms with Crippen LogP contribution in [0.2, 0.25) is 0 Å². The van der Waals surface area contributed by atoms with Crippen LogP contribution in [0.15, 0.2) is 48.5 Å². The summed E-state index contributed by atoms with van der Waals surface area (Å²) in [4.78, 5) is 24.7. The number of carbonyl (C=O) groups excluding carboxylic acids is 2. The van der Waals surface area contributed by atoms with Crippen molar-refractivity contribution in [1.29, 1.82) is 0 Å². The fraction of sp³-hybridized carbons (Fsp3) is 0.292. The lowest BCUT2D eigenvalue weighted by molar-refractivity contribution is 0.0600. The van der Waals surface area contributed by atoms with Crippen molar-refractivity contribution >= 4 is 11.9 Å². The van der Waals surface area contributed by atoms with Gasteiger partial charge in [0.05, 0.1) is 25.3 Å². The number of benzene rings is 2. The SMILES string of the molecule is COC(=O)c1cccc(-c2ccc3c(c2)C(NC(=O)c2cc4n(n2)CCC4)CCO3)c1. The molecule has 0 aliphatic carbocycles. The predicted molar refractivity (Wildman–Crippen MR) is 114 cm³/mol. The van der Waals surface area contributed by atoms with Gasteiger partial charge < -0.3 is 14.8 Å². The summed E-state index contributed by atoms with van der Waals surface area (Å²) in [6, 6.07) is 14.9. The Kier molecular flexibility index (Phi) is 4.94. The molecule has 0 spiro atoms. The summed E-state index contributed by atoms with van der Waals surface area (Å²) >= 11 is 0. The highest BCUT2D eigenvalue weighted by atomic mass is 16.5. The molecule has 0 radical (unpaired) electrons. The van der Waals surface area contributed by atoms with Gasteiger partial charge >= 0.3 is 5.97 Å². The molecule has 5 rings (SSSR count). The van der Waals surface area contributed by atoms with Crippen LogP contribution in [0.3, 0.4) is 0 Å². The minimum absolute atomic E-state index is 0.169. The van der Waals surface area contributed by atoms with Crippen LogP contribution in [-0.4, -0.2) is 35.4 Å². The van der Waals surface area contributed by atoms with E-state index in [9.17, 15) is 9.59 Å². The van der Waals surface area contributed by atoms with E-state index in [1.54, 1.807) is 12.1 Å². The van der Waals surface area contributed by atoms with Crippen molar-refractivity contribution in [2.24, 2.45) is 0 Å². The molecule has 0 fully saturated rings. The summed E-state index contributed by atoms with van der Waals surface area (Å²) in [5.74, 6) is 0.217. The molecule has 2 aliphatic rings. The second-order valence-electron chi connectivity index (χ2n) is 7.84. The first kappa shape index (κ1) is 19.4. The Labute approximate surface area is 180 Å². The molecule has 7 nitrogen and oxygen atoms in total. The first-order valence-corrected chi connectivity index (χ1v) is 10.5. The summed E-state index contributed by atoms with van der Waals surface area (Å²) in [5.41, 5.74) is 4.83. The Hall–Kier alpha value is -3.61. The minimum atomic E-state index is -0.375. The number of rotatable bonds is 4. The van der Waals surface area contributed by atoms with Crippen molar-refractivity contribution in [3.8, 4) is 16.9 Å². The third kappa shape index (κ3) is 3.67. The van der Waals surface area contributed by atoms with Gasteiger partial charge in [0.2, 0.25) is 0 Å². The summed E-state index contributed by atoms with van der Waals surface area (Å²) in [5, 5.41) is 7.57. The van der Waals surface area contributed by atoms with Gasteiger partial charge in [0, 0.05) is 24.2 Å². The van der Waals surface area contributed by atoms with Gasteiger partial charge in [0.15, 0.2) is 0 Å². The first-order valence-electron chi connectivity index (χ1n) is 10.5. The molecule has 2 aromatic carbocycles. The molecule has 1 aromatic heterocycles. The second kappa shape index (κ2) is 7.91. The number of hydrogen-bond donors (Lipinski definition) is 1. The Bertz CT molecular complexity index is 1150. The van der Waals surface area contributed by atoms with Gasteiger partial charge in [-0.1, -0.05) is 18.2 Å². The van der Waals surface area contributed by atoms with Crippen LogP contribution in [0.4, 0.5) is 0 Å². The largest absolute Gasteiger partial charge is 0.493 e. The Morgan fingerprint density at radius 1 is 1.16 bits per heavy atom. The average molecular weight is 417 g/mol. The molecular weight excluding hydrogens is 394 g/mol. The molecule has 3 heterocycles. The van der Waals surface area contributed by atoms with Gasteiger partial charge in [-0.15, -0.1) is 0 Å². The quantitative estimate of drug-likeness (QED) is 0.657. The Morgan fingerprint density at radius 2 is 2.03 bits per heavy atom. The van der Waals surface area contributed by atoms with E-state index in [1.165, 1.54) is 7.11 Å². The van der Waals surface area contributed by atoms with Crippen LogP contribution in [0.25, 0.3) is 11.1 Å². The highest BCUT2D eigenvalue weighted by Crippen LogP contribution is 2.36. The maximum Gasteiger partial charge on any atom is 0.337 e. The molecule has 1 amide bonds. The lowest BCUT2D eigenvalue weighted by Gasteiger charge is -2.27. The van der Waals surface area contributed by atoms with Crippen molar-refractivity contribution in [3.63, 3.8) is 0 Å². The smallest absolute Gasteiger partial charge is 0.337 e. The van der Waals surface area contributed by atoms with Gasteiger partial charge in [-0.05, 0) is 54.3 Å². The number of nitrogens with one attached hydrogen (secondary N) is 1. The molecule has 0 saturated carbocycles. The molecule has 0 bridgehead atoms. The van der Waals surface area contributed by atoms with Gasteiger partial charge in [-0.3, -0.25) is 9.48 Å². The molecule has 2 aliphatic heterocycles. The van der Waals surface area contributed by atoms with E-state index in [0.717, 1.165) is 47.5 Å². The van der Waals surface area contributed by atoms with Crippen LogP contribution < -0.4 is 10.1 Å². The lowest BCUT2D eigenvalue weighted by atomic mass is 9.94. The molecule has 31 heavy (non-hydrogen) atoms. The van der Waals surface area contributed by atoms with Gasteiger partial charge in [-0.25, -0.2) is 4.79 Å². The topological polar surface area (TPSA) is 82.5 Å². The normalized spacial score (nSPS) is 16.7. The zero-order valence-corrected chi connectivity index (χ0v) is 17.3. The molecule has 1 N–H and O–H groups in total. The molecule has 1 unspecified atom stereocenters. The number of methoxy groups -OCH3 is 1. The van der Waals surface area contributed by atoms with Crippen molar-refractivity contribution in [3.05, 3.63) is 71.0 Å². The Morgan fingerprint density at radius 3 is 2.87 bits per heavy atom. The highest BCUT2D eigenvalue weighted by Gasteiger charge is 2.26. The van der Waals surface area contributed by atoms with E-state index in [4.69, 9.17) is 9.47 Å². The zero-order chi connectivity index (χ0) is 21.4. The molecule has 3 aromatic rings. The fourth-order valence-corrected chi connectivity index (χ4v) is 4.27. The lowest BCUT2D eigenvalue weighted by Crippen LogP contribution is -2.32. The Balaban J connectivity index is 1.42. The van der Waals surface area contributed by atoms with E-state index < -0.39 is 0 Å². The molecular formula is C24H23N3O4. The second-order valence-corrected chi connectivity index (χ2v) is 7.84.